The summed E-state index contributed by atoms with van der Waals surface area (Å²) in [5.74, 6) is 0.189. The van der Waals surface area contributed by atoms with Gasteiger partial charge in [-0.15, -0.1) is 0 Å². The van der Waals surface area contributed by atoms with Gasteiger partial charge in [0.05, 0.1) is 12.2 Å². The molecule has 0 aromatic heterocycles. The fourth-order valence-corrected chi connectivity index (χ4v) is 1.57. The molecule has 2 heteroatoms. The van der Waals surface area contributed by atoms with Gasteiger partial charge in [0, 0.05) is 0 Å². The lowest BCUT2D eigenvalue weighted by atomic mass is 10.0. The fraction of sp³-hybridized carbons (Fsp3) is 0.154. The zero-order chi connectivity index (χ0) is 10.7. The van der Waals surface area contributed by atoms with Gasteiger partial charge in [-0.25, -0.2) is 0 Å². The summed E-state index contributed by atoms with van der Waals surface area (Å²) >= 11 is 0. The van der Waals surface area contributed by atoms with Crippen molar-refractivity contribution in [1.29, 1.82) is 5.41 Å². The summed E-state index contributed by atoms with van der Waals surface area (Å²) in [6.45, 7) is 2.38. The highest BCUT2D eigenvalue weighted by atomic mass is 16.5. The van der Waals surface area contributed by atoms with E-state index in [1.54, 1.807) is 0 Å². The molecule has 0 heterocycles. The normalized spacial score (nSPS) is 10.2. The molecule has 0 atom stereocenters. The average molecular weight is 198 g/mol. The summed E-state index contributed by atoms with van der Waals surface area (Å²) in [5.41, 5.74) is 0.731. The summed E-state index contributed by atoms with van der Waals surface area (Å²) < 4.78 is 5.19. The lowest BCUT2D eigenvalue weighted by Gasteiger charge is -2.07. The molecule has 0 aliphatic carbocycles. The minimum absolute atomic E-state index is 0.189. The first-order valence-corrected chi connectivity index (χ1v) is 4.94. The van der Waals surface area contributed by atoms with Crippen molar-refractivity contribution in [2.24, 2.45) is 0 Å². The van der Waals surface area contributed by atoms with Gasteiger partial charge in [0.2, 0.25) is 5.90 Å². The minimum Gasteiger partial charge on any atom is -0.478 e. The smallest absolute Gasteiger partial charge is 0.214 e. The first-order chi connectivity index (χ1) is 7.33. The Kier molecular flexibility index (Phi) is 2.68. The van der Waals surface area contributed by atoms with E-state index in [1.165, 1.54) is 0 Å². The molecule has 0 aliphatic heterocycles. The molecule has 0 bridgehead atoms. The Morgan fingerprint density at radius 3 is 2.93 bits per heavy atom. The van der Waals surface area contributed by atoms with Crippen LogP contribution in [-0.2, 0) is 4.74 Å². The van der Waals surface area contributed by atoms with Crippen LogP contribution >= 0.6 is 0 Å². The number of ether oxygens (including phenoxy) is 1. The number of benzene rings is 2. The van der Waals surface area contributed by atoms with Crippen LogP contribution in [0.25, 0.3) is 10.8 Å². The minimum atomic E-state index is 0.189. The van der Waals surface area contributed by atoms with Crippen LogP contribution < -0.4 is 0 Å². The molecule has 0 fully saturated rings. The monoisotopic (exact) mass is 198 g/mol. The van der Waals surface area contributed by atoms with E-state index in [-0.39, 0.29) is 5.90 Å². The van der Waals surface area contributed by atoms with E-state index in [1.807, 2.05) is 43.3 Å². The van der Waals surface area contributed by atoms with Gasteiger partial charge in [0.15, 0.2) is 0 Å². The Bertz CT molecular complexity index is 485. The van der Waals surface area contributed by atoms with Crippen LogP contribution in [0.4, 0.5) is 0 Å². The molecule has 1 N–H and O–H groups in total. The standard InChI is InChI=1S/C13H12NO/c1-2-15-13(14)12-9-5-7-10-6-3-4-8-11(10)12/h3-8,14H,2H2,1H3. The highest BCUT2D eigenvalue weighted by Gasteiger charge is 2.06. The number of fused-ring (bicyclic) bond motifs is 1. The molecule has 0 unspecified atom stereocenters. The SMILES string of the molecule is CCOC(=N)c1[c]ccc2ccccc12. The molecule has 15 heavy (non-hydrogen) atoms. The Morgan fingerprint density at radius 1 is 1.33 bits per heavy atom. The topological polar surface area (TPSA) is 33.1 Å². The molecule has 0 saturated carbocycles. The van der Waals surface area contributed by atoms with Crippen LogP contribution in [0.3, 0.4) is 0 Å². The van der Waals surface area contributed by atoms with E-state index in [0.717, 1.165) is 16.3 Å². The molecular weight excluding hydrogens is 186 g/mol. The van der Waals surface area contributed by atoms with Crippen molar-refractivity contribution < 1.29 is 4.74 Å². The average Bonchev–Trinajstić information content (AvgIpc) is 2.28. The first-order valence-electron chi connectivity index (χ1n) is 4.94. The summed E-state index contributed by atoms with van der Waals surface area (Å²) in [6, 6.07) is 14.8. The number of hydrogen-bond donors (Lipinski definition) is 1. The van der Waals surface area contributed by atoms with Gasteiger partial charge in [-0.3, -0.25) is 5.41 Å². The Hall–Kier alpha value is -1.83. The van der Waals surface area contributed by atoms with Gasteiger partial charge in [-0.2, -0.15) is 0 Å². The molecule has 2 nitrogen and oxygen atoms in total. The van der Waals surface area contributed by atoms with Crippen LogP contribution in [0, 0.1) is 11.5 Å². The summed E-state index contributed by atoms with van der Waals surface area (Å²) in [5, 5.41) is 9.88. The van der Waals surface area contributed by atoms with Gasteiger partial charge >= 0.3 is 0 Å². The number of rotatable bonds is 2. The molecule has 2 aromatic carbocycles. The maximum atomic E-state index is 7.76. The van der Waals surface area contributed by atoms with E-state index >= 15 is 0 Å². The molecule has 1 radical (unpaired) electrons. The Morgan fingerprint density at radius 2 is 2.13 bits per heavy atom. The van der Waals surface area contributed by atoms with Crippen molar-refractivity contribution in [3.8, 4) is 0 Å². The predicted octanol–water partition coefficient (Wildman–Crippen LogP) is 3.00. The fourth-order valence-electron chi connectivity index (χ4n) is 1.57. The highest BCUT2D eigenvalue weighted by Crippen LogP contribution is 2.18. The van der Waals surface area contributed by atoms with Crippen LogP contribution in [-0.4, -0.2) is 12.5 Å². The molecule has 2 aromatic rings. The van der Waals surface area contributed by atoms with E-state index in [4.69, 9.17) is 10.1 Å². The van der Waals surface area contributed by atoms with Gasteiger partial charge in [-0.05, 0) is 23.8 Å². The van der Waals surface area contributed by atoms with Crippen molar-refractivity contribution >= 4 is 16.7 Å². The molecular formula is C13H12NO. The quantitative estimate of drug-likeness (QED) is 0.584. The van der Waals surface area contributed by atoms with Crippen molar-refractivity contribution in [1.82, 2.24) is 0 Å². The largest absolute Gasteiger partial charge is 0.478 e. The number of nitrogens with one attached hydrogen (secondary N) is 1. The Balaban J connectivity index is 2.56. The van der Waals surface area contributed by atoms with Crippen molar-refractivity contribution in [2.45, 2.75) is 6.92 Å². The first kappa shape index (κ1) is 9.71. The zero-order valence-corrected chi connectivity index (χ0v) is 8.58. The molecule has 0 spiro atoms. The molecule has 75 valence electrons. The van der Waals surface area contributed by atoms with E-state index in [2.05, 4.69) is 6.07 Å². The molecule has 2 rings (SSSR count). The van der Waals surface area contributed by atoms with Gasteiger partial charge < -0.3 is 4.74 Å². The van der Waals surface area contributed by atoms with Crippen LogP contribution in [0.5, 0.6) is 0 Å². The van der Waals surface area contributed by atoms with E-state index in [0.29, 0.717) is 6.61 Å². The second-order valence-corrected chi connectivity index (χ2v) is 3.20. The molecule has 0 aliphatic rings. The second kappa shape index (κ2) is 4.13. The van der Waals surface area contributed by atoms with Crippen molar-refractivity contribution in [2.75, 3.05) is 6.61 Å². The summed E-state index contributed by atoms with van der Waals surface area (Å²) in [6.07, 6.45) is 0. The predicted molar refractivity (Wildman–Crippen MR) is 61.2 cm³/mol. The maximum absolute atomic E-state index is 7.76. The third-order valence-corrected chi connectivity index (χ3v) is 2.24. The van der Waals surface area contributed by atoms with Crippen LogP contribution in [0.2, 0.25) is 0 Å². The Labute approximate surface area is 89.0 Å². The summed E-state index contributed by atoms with van der Waals surface area (Å²) in [4.78, 5) is 0. The highest BCUT2D eigenvalue weighted by molar-refractivity contribution is 6.05. The third-order valence-electron chi connectivity index (χ3n) is 2.24. The van der Waals surface area contributed by atoms with Gasteiger partial charge in [0.1, 0.15) is 0 Å². The lowest BCUT2D eigenvalue weighted by molar-refractivity contribution is 0.326. The lowest BCUT2D eigenvalue weighted by Crippen LogP contribution is -2.05. The number of hydrogen-bond acceptors (Lipinski definition) is 2. The van der Waals surface area contributed by atoms with Crippen molar-refractivity contribution in [3.63, 3.8) is 0 Å². The second-order valence-electron chi connectivity index (χ2n) is 3.20. The summed E-state index contributed by atoms with van der Waals surface area (Å²) in [7, 11) is 0. The third kappa shape index (κ3) is 1.84. The van der Waals surface area contributed by atoms with Crippen LogP contribution in [0.1, 0.15) is 12.5 Å². The zero-order valence-electron chi connectivity index (χ0n) is 8.58. The van der Waals surface area contributed by atoms with Crippen LogP contribution in [0.15, 0.2) is 36.4 Å². The van der Waals surface area contributed by atoms with Gasteiger partial charge in [0.25, 0.3) is 0 Å². The molecule has 0 amide bonds. The van der Waals surface area contributed by atoms with E-state index in [9.17, 15) is 0 Å². The van der Waals surface area contributed by atoms with Gasteiger partial charge in [-0.1, -0.05) is 36.4 Å². The van der Waals surface area contributed by atoms with Crippen molar-refractivity contribution in [3.05, 3.63) is 48.0 Å². The maximum Gasteiger partial charge on any atom is 0.214 e. The van der Waals surface area contributed by atoms with E-state index < -0.39 is 0 Å². The molecule has 0 saturated heterocycles.